The lowest BCUT2D eigenvalue weighted by Crippen LogP contribution is -2.57. The topological polar surface area (TPSA) is 53.6 Å². The molecule has 2 aliphatic rings. The molecule has 0 aromatic heterocycles. The van der Waals surface area contributed by atoms with Gasteiger partial charge in [-0.15, -0.1) is 0 Å². The molecule has 2 fully saturated rings. The molecule has 0 spiro atoms. The molecule has 0 bridgehead atoms. The van der Waals surface area contributed by atoms with E-state index in [2.05, 4.69) is 22.5 Å². The summed E-state index contributed by atoms with van der Waals surface area (Å²) in [5.74, 6) is 0.0958. The summed E-state index contributed by atoms with van der Waals surface area (Å²) in [7, 11) is 1.66. The van der Waals surface area contributed by atoms with Crippen molar-refractivity contribution in [3.63, 3.8) is 0 Å². The van der Waals surface area contributed by atoms with Crippen LogP contribution in [0.25, 0.3) is 0 Å². The highest BCUT2D eigenvalue weighted by Gasteiger charge is 2.40. The van der Waals surface area contributed by atoms with Crippen LogP contribution in [0.15, 0.2) is 0 Å². The average molecular weight is 297 g/mol. The third-order valence-electron chi connectivity index (χ3n) is 4.97. The Hall–Kier alpha value is -0.650. The molecule has 0 radical (unpaired) electrons. The summed E-state index contributed by atoms with van der Waals surface area (Å²) in [6.07, 6.45) is 6.19. The van der Waals surface area contributed by atoms with E-state index in [4.69, 9.17) is 4.74 Å². The zero-order valence-corrected chi connectivity index (χ0v) is 13.6. The van der Waals surface area contributed by atoms with Gasteiger partial charge in [-0.1, -0.05) is 13.3 Å². The van der Waals surface area contributed by atoms with E-state index in [1.807, 2.05) is 0 Å². The molecule has 122 valence electrons. The maximum atomic E-state index is 12.6. The minimum atomic E-state index is -0.607. The first-order valence-corrected chi connectivity index (χ1v) is 8.49. The Balaban J connectivity index is 1.78. The number of ether oxygens (including phenoxy) is 1. The van der Waals surface area contributed by atoms with Crippen molar-refractivity contribution in [2.24, 2.45) is 0 Å². The Morgan fingerprint density at radius 1 is 1.33 bits per heavy atom. The zero-order valence-electron chi connectivity index (χ0n) is 13.6. The predicted octanol–water partition coefficient (Wildman–Crippen LogP) is 1.14. The monoisotopic (exact) mass is 297 g/mol. The standard InChI is InChI=1S/C16H31N3O2/c1-3-4-11-19-12-5-14(6-13-19)18-15(20)16(21-2)7-9-17-10-8-16/h14,17H,3-13H2,1-2H3,(H,18,20). The van der Waals surface area contributed by atoms with E-state index < -0.39 is 5.60 Å². The van der Waals surface area contributed by atoms with Gasteiger partial charge in [0, 0.05) is 26.2 Å². The third-order valence-corrected chi connectivity index (χ3v) is 4.97. The van der Waals surface area contributed by atoms with E-state index in [9.17, 15) is 4.79 Å². The SMILES string of the molecule is CCCCN1CCC(NC(=O)C2(OC)CCNCC2)CC1. The maximum Gasteiger partial charge on any atom is 0.252 e. The van der Waals surface area contributed by atoms with Crippen LogP contribution in [-0.2, 0) is 9.53 Å². The summed E-state index contributed by atoms with van der Waals surface area (Å²) < 4.78 is 5.59. The lowest BCUT2D eigenvalue weighted by molar-refractivity contribution is -0.147. The largest absolute Gasteiger partial charge is 0.368 e. The number of nitrogens with one attached hydrogen (secondary N) is 2. The molecule has 2 saturated heterocycles. The van der Waals surface area contributed by atoms with Crippen LogP contribution < -0.4 is 10.6 Å². The quantitative estimate of drug-likeness (QED) is 0.772. The molecular weight excluding hydrogens is 266 g/mol. The van der Waals surface area contributed by atoms with Gasteiger partial charge in [-0.25, -0.2) is 0 Å². The number of piperidine rings is 2. The number of amides is 1. The second kappa shape index (κ2) is 8.11. The van der Waals surface area contributed by atoms with Gasteiger partial charge < -0.3 is 20.3 Å². The highest BCUT2D eigenvalue weighted by atomic mass is 16.5. The summed E-state index contributed by atoms with van der Waals surface area (Å²) >= 11 is 0. The third kappa shape index (κ3) is 4.41. The zero-order chi connectivity index (χ0) is 15.1. The Morgan fingerprint density at radius 3 is 2.57 bits per heavy atom. The molecule has 0 atom stereocenters. The number of hydrogen-bond donors (Lipinski definition) is 2. The number of likely N-dealkylation sites (tertiary alicyclic amines) is 1. The summed E-state index contributed by atoms with van der Waals surface area (Å²) in [6, 6.07) is 0.317. The second-order valence-corrected chi connectivity index (χ2v) is 6.39. The number of rotatable bonds is 6. The number of carbonyl (C=O) groups excluding carboxylic acids is 1. The highest BCUT2D eigenvalue weighted by Crippen LogP contribution is 2.23. The van der Waals surface area contributed by atoms with Crippen LogP contribution in [-0.4, -0.2) is 62.3 Å². The lowest BCUT2D eigenvalue weighted by Gasteiger charge is -2.38. The molecule has 2 aliphatic heterocycles. The number of unbranched alkanes of at least 4 members (excludes halogenated alkanes) is 1. The molecular formula is C16H31N3O2. The Morgan fingerprint density at radius 2 is 2.00 bits per heavy atom. The van der Waals surface area contributed by atoms with E-state index >= 15 is 0 Å². The molecule has 0 unspecified atom stereocenters. The van der Waals surface area contributed by atoms with Crippen molar-refractivity contribution >= 4 is 5.91 Å². The molecule has 0 aromatic carbocycles. The van der Waals surface area contributed by atoms with Crippen molar-refractivity contribution in [1.29, 1.82) is 0 Å². The fourth-order valence-corrected chi connectivity index (χ4v) is 3.35. The van der Waals surface area contributed by atoms with Crippen LogP contribution in [0.4, 0.5) is 0 Å². The summed E-state index contributed by atoms with van der Waals surface area (Å²) in [5.41, 5.74) is -0.607. The number of methoxy groups -OCH3 is 1. The van der Waals surface area contributed by atoms with Gasteiger partial charge in [0.25, 0.3) is 5.91 Å². The Kier molecular flexibility index (Phi) is 6.45. The van der Waals surface area contributed by atoms with Gasteiger partial charge >= 0.3 is 0 Å². The minimum absolute atomic E-state index is 0.0958. The van der Waals surface area contributed by atoms with Crippen molar-refractivity contribution in [2.75, 3.05) is 39.8 Å². The van der Waals surface area contributed by atoms with Gasteiger partial charge in [0.2, 0.25) is 0 Å². The van der Waals surface area contributed by atoms with E-state index in [1.165, 1.54) is 19.4 Å². The summed E-state index contributed by atoms with van der Waals surface area (Å²) in [4.78, 5) is 15.1. The van der Waals surface area contributed by atoms with Crippen LogP contribution in [0, 0.1) is 0 Å². The normalized spacial score (nSPS) is 23.9. The summed E-state index contributed by atoms with van der Waals surface area (Å²) in [6.45, 7) is 7.35. The number of nitrogens with zero attached hydrogens (tertiary/aromatic N) is 1. The van der Waals surface area contributed by atoms with Gasteiger partial charge in [-0.3, -0.25) is 4.79 Å². The highest BCUT2D eigenvalue weighted by molar-refractivity contribution is 5.85. The first-order chi connectivity index (χ1) is 10.2. The van der Waals surface area contributed by atoms with Crippen molar-refractivity contribution in [2.45, 2.75) is 57.1 Å². The van der Waals surface area contributed by atoms with Gasteiger partial charge in [-0.2, -0.15) is 0 Å². The molecule has 5 nitrogen and oxygen atoms in total. The number of hydrogen-bond acceptors (Lipinski definition) is 4. The van der Waals surface area contributed by atoms with Gasteiger partial charge in [0.05, 0.1) is 0 Å². The summed E-state index contributed by atoms with van der Waals surface area (Å²) in [5, 5.41) is 6.53. The van der Waals surface area contributed by atoms with Crippen LogP contribution in [0.2, 0.25) is 0 Å². The predicted molar refractivity (Wildman–Crippen MR) is 84.4 cm³/mol. The molecule has 21 heavy (non-hydrogen) atoms. The minimum Gasteiger partial charge on any atom is -0.368 e. The first-order valence-electron chi connectivity index (χ1n) is 8.49. The van der Waals surface area contributed by atoms with E-state index in [0.717, 1.165) is 51.9 Å². The number of carbonyl (C=O) groups is 1. The van der Waals surface area contributed by atoms with Crippen molar-refractivity contribution in [1.82, 2.24) is 15.5 Å². The van der Waals surface area contributed by atoms with E-state index in [0.29, 0.717) is 6.04 Å². The molecule has 1 amide bonds. The molecule has 0 aliphatic carbocycles. The van der Waals surface area contributed by atoms with Crippen molar-refractivity contribution in [3.8, 4) is 0 Å². The van der Waals surface area contributed by atoms with Gasteiger partial charge in [0.15, 0.2) is 0 Å². The van der Waals surface area contributed by atoms with Gasteiger partial charge in [0.1, 0.15) is 5.60 Å². The van der Waals surface area contributed by atoms with E-state index in [1.54, 1.807) is 7.11 Å². The lowest BCUT2D eigenvalue weighted by atomic mass is 9.90. The van der Waals surface area contributed by atoms with Crippen LogP contribution in [0.1, 0.15) is 45.4 Å². The van der Waals surface area contributed by atoms with Crippen molar-refractivity contribution < 1.29 is 9.53 Å². The molecule has 2 rings (SSSR count). The fourth-order valence-electron chi connectivity index (χ4n) is 3.35. The molecule has 0 aromatic rings. The molecule has 0 saturated carbocycles. The average Bonchev–Trinajstić information content (AvgIpc) is 2.54. The van der Waals surface area contributed by atoms with Crippen LogP contribution in [0.5, 0.6) is 0 Å². The molecule has 2 N–H and O–H groups in total. The first kappa shape index (κ1) is 16.7. The molecule has 2 heterocycles. The Bertz CT molecular complexity index is 321. The fraction of sp³-hybridized carbons (Fsp3) is 0.938. The van der Waals surface area contributed by atoms with Crippen LogP contribution in [0.3, 0.4) is 0 Å². The Labute approximate surface area is 128 Å². The van der Waals surface area contributed by atoms with Crippen LogP contribution >= 0.6 is 0 Å². The molecule has 5 heteroatoms. The van der Waals surface area contributed by atoms with Gasteiger partial charge in [-0.05, 0) is 51.7 Å². The second-order valence-electron chi connectivity index (χ2n) is 6.39. The van der Waals surface area contributed by atoms with Crippen molar-refractivity contribution in [3.05, 3.63) is 0 Å². The van der Waals surface area contributed by atoms with E-state index in [-0.39, 0.29) is 5.91 Å². The maximum absolute atomic E-state index is 12.6. The smallest absolute Gasteiger partial charge is 0.252 e.